The molecule has 41 heavy (non-hydrogen) atoms. The number of rotatable bonds is 7. The average molecular weight is 632 g/mol. The highest BCUT2D eigenvalue weighted by Crippen LogP contribution is 2.44. The number of carboxylic acid groups (broad SMARTS) is 1. The summed E-state index contributed by atoms with van der Waals surface area (Å²) in [5.41, 5.74) is 3.55. The maximum atomic E-state index is 13.9. The topological polar surface area (TPSA) is 133 Å². The van der Waals surface area contributed by atoms with E-state index in [0.29, 0.717) is 34.6 Å². The van der Waals surface area contributed by atoms with Crippen molar-refractivity contribution in [3.05, 3.63) is 86.4 Å². The zero-order chi connectivity index (χ0) is 28.7. The third-order valence-electron chi connectivity index (χ3n) is 6.83. The molecule has 0 atom stereocenters. The van der Waals surface area contributed by atoms with E-state index in [2.05, 4.69) is 36.5 Å². The van der Waals surface area contributed by atoms with E-state index in [4.69, 9.17) is 4.74 Å². The molecule has 2 aromatic carbocycles. The highest BCUT2D eigenvalue weighted by atomic mass is 79.9. The van der Waals surface area contributed by atoms with Crippen LogP contribution in [0.1, 0.15) is 49.6 Å². The summed E-state index contributed by atoms with van der Waals surface area (Å²) in [5, 5.41) is 18.7. The van der Waals surface area contributed by atoms with Gasteiger partial charge in [0, 0.05) is 56.3 Å². The third kappa shape index (κ3) is 4.87. The number of benzene rings is 2. The van der Waals surface area contributed by atoms with Crippen LogP contribution in [0, 0.1) is 0 Å². The number of nitrogens with one attached hydrogen (secondary N) is 3. The van der Waals surface area contributed by atoms with Crippen molar-refractivity contribution in [3.63, 3.8) is 0 Å². The number of amides is 2. The van der Waals surface area contributed by atoms with E-state index < -0.39 is 17.8 Å². The van der Waals surface area contributed by atoms with Gasteiger partial charge in [-0.25, -0.2) is 9.78 Å². The molecule has 1 aliphatic heterocycles. The lowest BCUT2D eigenvalue weighted by atomic mass is 9.91. The highest BCUT2D eigenvalue weighted by Gasteiger charge is 2.27. The van der Waals surface area contributed by atoms with Crippen molar-refractivity contribution in [1.82, 2.24) is 15.3 Å². The van der Waals surface area contributed by atoms with E-state index in [-0.39, 0.29) is 22.5 Å². The van der Waals surface area contributed by atoms with Crippen LogP contribution in [0.3, 0.4) is 0 Å². The van der Waals surface area contributed by atoms with Crippen LogP contribution in [-0.2, 0) is 6.61 Å². The summed E-state index contributed by atoms with van der Waals surface area (Å²) in [4.78, 5) is 47.2. The zero-order valence-electron chi connectivity index (χ0n) is 21.7. The van der Waals surface area contributed by atoms with Gasteiger partial charge in [0.15, 0.2) is 5.69 Å². The van der Waals surface area contributed by atoms with Crippen molar-refractivity contribution in [1.29, 1.82) is 0 Å². The number of carboxylic acids is 1. The lowest BCUT2D eigenvalue weighted by Crippen LogP contribution is -2.25. The van der Waals surface area contributed by atoms with E-state index in [1.807, 2.05) is 36.7 Å². The number of anilines is 1. The van der Waals surface area contributed by atoms with Gasteiger partial charge in [-0.05, 0) is 76.3 Å². The quantitative estimate of drug-likeness (QED) is 0.158. The zero-order valence-corrected chi connectivity index (χ0v) is 24.1. The summed E-state index contributed by atoms with van der Waals surface area (Å²) >= 11 is 5.16. The summed E-state index contributed by atoms with van der Waals surface area (Å²) in [5.74, 6) is -1.71. The molecule has 0 bridgehead atoms. The fourth-order valence-corrected chi connectivity index (χ4v) is 6.21. The number of aromatic nitrogens is 2. The van der Waals surface area contributed by atoms with E-state index in [0.717, 1.165) is 33.3 Å². The number of carbonyl (C=O) groups excluding carboxylic acids is 2. The van der Waals surface area contributed by atoms with Gasteiger partial charge in [-0.15, -0.1) is 11.3 Å². The second-order valence-corrected chi connectivity index (χ2v) is 11.2. The smallest absolute Gasteiger partial charge is 0.355 e. The molecule has 0 unspecified atom stereocenters. The number of aromatic amines is 1. The Morgan fingerprint density at radius 2 is 1.90 bits per heavy atom. The Labute approximate surface area is 246 Å². The molecule has 1 aliphatic rings. The summed E-state index contributed by atoms with van der Waals surface area (Å²) in [7, 11) is 0. The van der Waals surface area contributed by atoms with Gasteiger partial charge < -0.3 is 25.5 Å². The molecule has 3 aromatic heterocycles. The minimum Gasteiger partial charge on any atom is -0.487 e. The Balaban J connectivity index is 1.49. The first-order valence-electron chi connectivity index (χ1n) is 12.8. The standard InChI is InChI=1S/C30H23BrN4O5S/c1-2-9-33-29(37)23-4-3-16(27(34-23)30(38)39)18-13-24-19(15-8-11-41-25(15)14-40-24)12-20(18)28(36)35-22-6-5-21-17(26(22)31)7-10-32-21/h3-8,10-13,32H,2,9,14H2,1H3,(H,33,37)(H,35,36)(H,38,39). The van der Waals surface area contributed by atoms with Crippen LogP contribution < -0.4 is 15.4 Å². The number of H-pyrrole nitrogens is 1. The first-order chi connectivity index (χ1) is 19.9. The van der Waals surface area contributed by atoms with Gasteiger partial charge in [0.25, 0.3) is 11.8 Å². The van der Waals surface area contributed by atoms with E-state index in [1.165, 1.54) is 12.1 Å². The molecule has 11 heteroatoms. The molecule has 9 nitrogen and oxygen atoms in total. The summed E-state index contributed by atoms with van der Waals surface area (Å²) < 4.78 is 6.74. The van der Waals surface area contributed by atoms with Gasteiger partial charge in [0.1, 0.15) is 18.1 Å². The molecule has 6 rings (SSSR count). The molecular weight excluding hydrogens is 608 g/mol. The highest BCUT2D eigenvalue weighted by molar-refractivity contribution is 9.10. The molecule has 0 aliphatic carbocycles. The van der Waals surface area contributed by atoms with Crippen LogP contribution in [-0.4, -0.2) is 39.4 Å². The number of pyridine rings is 1. The van der Waals surface area contributed by atoms with Gasteiger partial charge in [0.05, 0.1) is 10.2 Å². The summed E-state index contributed by atoms with van der Waals surface area (Å²) in [6.45, 7) is 2.72. The van der Waals surface area contributed by atoms with E-state index in [9.17, 15) is 19.5 Å². The van der Waals surface area contributed by atoms with Crippen molar-refractivity contribution in [2.24, 2.45) is 0 Å². The molecule has 4 N–H and O–H groups in total. The van der Waals surface area contributed by atoms with Gasteiger partial charge in [-0.3, -0.25) is 9.59 Å². The second kappa shape index (κ2) is 10.8. The fourth-order valence-electron chi connectivity index (χ4n) is 4.83. The van der Waals surface area contributed by atoms with E-state index in [1.54, 1.807) is 29.5 Å². The first-order valence-corrected chi connectivity index (χ1v) is 14.5. The van der Waals surface area contributed by atoms with Crippen molar-refractivity contribution < 1.29 is 24.2 Å². The first kappa shape index (κ1) is 26.7. The Morgan fingerprint density at radius 3 is 2.71 bits per heavy atom. The number of halogens is 1. The monoisotopic (exact) mass is 630 g/mol. The number of nitrogens with zero attached hydrogens (tertiary/aromatic N) is 1. The Morgan fingerprint density at radius 1 is 1.05 bits per heavy atom. The predicted molar refractivity (Wildman–Crippen MR) is 161 cm³/mol. The molecule has 2 amide bonds. The Hall–Kier alpha value is -4.48. The van der Waals surface area contributed by atoms with Crippen LogP contribution in [0.4, 0.5) is 5.69 Å². The van der Waals surface area contributed by atoms with Crippen LogP contribution in [0.15, 0.2) is 64.6 Å². The molecule has 206 valence electrons. The number of aromatic carboxylic acids is 1. The number of ether oxygens (including phenoxy) is 1. The maximum absolute atomic E-state index is 13.9. The van der Waals surface area contributed by atoms with Crippen LogP contribution in [0.5, 0.6) is 5.75 Å². The van der Waals surface area contributed by atoms with Gasteiger partial charge >= 0.3 is 5.97 Å². The average Bonchev–Trinajstić information content (AvgIpc) is 3.66. The van der Waals surface area contributed by atoms with Gasteiger partial charge in [0.2, 0.25) is 0 Å². The van der Waals surface area contributed by atoms with E-state index >= 15 is 0 Å². The fraction of sp³-hybridized carbons (Fsp3) is 0.133. The largest absolute Gasteiger partial charge is 0.487 e. The minimum absolute atomic E-state index is 0.0218. The minimum atomic E-state index is -1.32. The molecular formula is C30H23BrN4O5S. The molecule has 0 spiro atoms. The molecule has 0 radical (unpaired) electrons. The van der Waals surface area contributed by atoms with Crippen LogP contribution in [0.2, 0.25) is 0 Å². The number of thiophene rings is 1. The summed E-state index contributed by atoms with van der Waals surface area (Å²) in [6.07, 6.45) is 2.54. The maximum Gasteiger partial charge on any atom is 0.355 e. The molecule has 5 aromatic rings. The third-order valence-corrected chi connectivity index (χ3v) is 8.58. The Kier molecular flexibility index (Phi) is 7.06. The van der Waals surface area contributed by atoms with Gasteiger partial charge in [-0.2, -0.15) is 0 Å². The van der Waals surface area contributed by atoms with Crippen LogP contribution in [0.25, 0.3) is 33.2 Å². The summed E-state index contributed by atoms with van der Waals surface area (Å²) in [6, 6.07) is 13.9. The lowest BCUT2D eigenvalue weighted by molar-refractivity contribution is 0.0691. The number of hydrogen-bond donors (Lipinski definition) is 4. The molecule has 0 saturated heterocycles. The molecule has 4 heterocycles. The normalized spacial score (nSPS) is 11.9. The second-order valence-electron chi connectivity index (χ2n) is 9.41. The van der Waals surface area contributed by atoms with Crippen molar-refractivity contribution in [2.45, 2.75) is 20.0 Å². The van der Waals surface area contributed by atoms with Gasteiger partial charge in [-0.1, -0.05) is 6.92 Å². The number of hydrogen-bond acceptors (Lipinski definition) is 6. The molecule has 0 fully saturated rings. The SMILES string of the molecule is CCCNC(=O)c1ccc(-c2cc3c(cc2C(=O)Nc2ccc4[nH]ccc4c2Br)-c2ccsc2CO3)c(C(=O)O)n1. The number of carbonyl (C=O) groups is 3. The van der Waals surface area contributed by atoms with Crippen molar-refractivity contribution in [2.75, 3.05) is 11.9 Å². The Bertz CT molecular complexity index is 1860. The van der Waals surface area contributed by atoms with Crippen molar-refractivity contribution >= 4 is 61.6 Å². The van der Waals surface area contributed by atoms with Crippen LogP contribution >= 0.6 is 27.3 Å². The predicted octanol–water partition coefficient (Wildman–Crippen LogP) is 6.70. The lowest BCUT2D eigenvalue weighted by Gasteiger charge is -2.22. The van der Waals surface area contributed by atoms with Crippen molar-refractivity contribution in [3.8, 4) is 28.0 Å². The molecule has 0 saturated carbocycles. The number of fused-ring (bicyclic) bond motifs is 4.